The molecular formula is C13H16O5. The van der Waals surface area contributed by atoms with E-state index in [9.17, 15) is 14.7 Å². The Morgan fingerprint density at radius 2 is 1.89 bits per heavy atom. The summed E-state index contributed by atoms with van der Waals surface area (Å²) in [6.07, 6.45) is -1.70. The number of methoxy groups -OCH3 is 1. The first-order valence-corrected chi connectivity index (χ1v) is 5.60. The van der Waals surface area contributed by atoms with Gasteiger partial charge in [-0.1, -0.05) is 0 Å². The normalized spacial score (nSPS) is 11.7. The van der Waals surface area contributed by atoms with Gasteiger partial charge >= 0.3 is 5.97 Å². The number of hydrogen-bond acceptors (Lipinski definition) is 5. The minimum absolute atomic E-state index is 0.173. The van der Waals surface area contributed by atoms with Crippen molar-refractivity contribution in [3.05, 3.63) is 29.8 Å². The lowest BCUT2D eigenvalue weighted by Crippen LogP contribution is -2.26. The number of aliphatic hydroxyl groups excluding tert-OH is 1. The van der Waals surface area contributed by atoms with Gasteiger partial charge in [-0.2, -0.15) is 0 Å². The van der Waals surface area contributed by atoms with Gasteiger partial charge in [-0.25, -0.2) is 4.79 Å². The molecule has 0 bridgehead atoms. The maximum absolute atomic E-state index is 11.8. The van der Waals surface area contributed by atoms with E-state index in [-0.39, 0.29) is 18.8 Å². The Labute approximate surface area is 105 Å². The number of carbonyl (C=O) groups is 2. The molecule has 98 valence electrons. The van der Waals surface area contributed by atoms with Crippen LogP contribution in [0.4, 0.5) is 0 Å². The molecule has 0 fully saturated rings. The average molecular weight is 252 g/mol. The molecule has 0 aliphatic heterocycles. The van der Waals surface area contributed by atoms with Gasteiger partial charge in [0.1, 0.15) is 5.75 Å². The van der Waals surface area contributed by atoms with Crippen molar-refractivity contribution in [1.82, 2.24) is 0 Å². The fraction of sp³-hybridized carbons (Fsp3) is 0.385. The summed E-state index contributed by atoms with van der Waals surface area (Å²) in [6.45, 7) is 1.81. The number of esters is 1. The van der Waals surface area contributed by atoms with Crippen molar-refractivity contribution in [3.8, 4) is 5.75 Å². The van der Waals surface area contributed by atoms with E-state index in [1.807, 2.05) is 0 Å². The predicted molar refractivity (Wildman–Crippen MR) is 64.6 cm³/mol. The van der Waals surface area contributed by atoms with Crippen LogP contribution in [-0.2, 0) is 9.53 Å². The summed E-state index contributed by atoms with van der Waals surface area (Å²) >= 11 is 0. The number of ether oxygens (including phenoxy) is 2. The molecule has 0 amide bonds. The minimum atomic E-state index is -1.42. The second kappa shape index (κ2) is 6.76. The number of benzene rings is 1. The lowest BCUT2D eigenvalue weighted by atomic mass is 10.1. The maximum atomic E-state index is 11.8. The number of rotatable bonds is 6. The van der Waals surface area contributed by atoms with Gasteiger partial charge in [0.15, 0.2) is 11.9 Å². The number of hydrogen-bond donors (Lipinski definition) is 1. The van der Waals surface area contributed by atoms with Crippen LogP contribution in [0, 0.1) is 0 Å². The van der Waals surface area contributed by atoms with Crippen molar-refractivity contribution in [3.63, 3.8) is 0 Å². The minimum Gasteiger partial charge on any atom is -0.497 e. The number of Topliss-reactive ketones (excluding diaryl/α,β-unsaturated/α-hetero) is 1. The van der Waals surface area contributed by atoms with E-state index >= 15 is 0 Å². The van der Waals surface area contributed by atoms with E-state index in [0.717, 1.165) is 0 Å². The van der Waals surface area contributed by atoms with Crippen LogP contribution in [-0.4, -0.2) is 36.7 Å². The molecule has 5 heteroatoms. The third-order valence-electron chi connectivity index (χ3n) is 2.35. The zero-order valence-electron chi connectivity index (χ0n) is 10.4. The highest BCUT2D eigenvalue weighted by atomic mass is 16.5. The van der Waals surface area contributed by atoms with Crippen LogP contribution < -0.4 is 4.74 Å². The molecule has 1 aromatic rings. The SMILES string of the molecule is CCOC(=O)[C@H](O)CC(=O)c1ccc(OC)cc1. The van der Waals surface area contributed by atoms with Crippen LogP contribution in [0.15, 0.2) is 24.3 Å². The van der Waals surface area contributed by atoms with Gasteiger partial charge in [0.05, 0.1) is 13.7 Å². The third kappa shape index (κ3) is 3.85. The quantitative estimate of drug-likeness (QED) is 0.608. The molecule has 0 heterocycles. The summed E-state index contributed by atoms with van der Waals surface area (Å²) in [4.78, 5) is 22.9. The van der Waals surface area contributed by atoms with E-state index in [1.165, 1.54) is 7.11 Å². The Hall–Kier alpha value is -1.88. The first kappa shape index (κ1) is 14.2. The molecule has 0 spiro atoms. The second-order valence-corrected chi connectivity index (χ2v) is 3.62. The van der Waals surface area contributed by atoms with E-state index in [2.05, 4.69) is 4.74 Å². The third-order valence-corrected chi connectivity index (χ3v) is 2.35. The van der Waals surface area contributed by atoms with Crippen molar-refractivity contribution >= 4 is 11.8 Å². The fourth-order valence-electron chi connectivity index (χ4n) is 1.39. The van der Waals surface area contributed by atoms with Crippen molar-refractivity contribution in [2.24, 2.45) is 0 Å². The molecule has 1 N–H and O–H groups in total. The van der Waals surface area contributed by atoms with Crippen LogP contribution in [0.2, 0.25) is 0 Å². The zero-order chi connectivity index (χ0) is 13.5. The zero-order valence-corrected chi connectivity index (χ0v) is 10.4. The Kier molecular flexibility index (Phi) is 5.32. The largest absolute Gasteiger partial charge is 0.497 e. The lowest BCUT2D eigenvalue weighted by Gasteiger charge is -2.09. The molecule has 0 saturated heterocycles. The molecule has 0 aliphatic rings. The fourth-order valence-corrected chi connectivity index (χ4v) is 1.39. The van der Waals surface area contributed by atoms with E-state index in [4.69, 9.17) is 4.74 Å². The molecule has 0 saturated carbocycles. The Morgan fingerprint density at radius 1 is 1.28 bits per heavy atom. The van der Waals surface area contributed by atoms with Crippen LogP contribution in [0.3, 0.4) is 0 Å². The van der Waals surface area contributed by atoms with Crippen LogP contribution >= 0.6 is 0 Å². The van der Waals surface area contributed by atoms with E-state index < -0.39 is 12.1 Å². The summed E-state index contributed by atoms with van der Waals surface area (Å²) in [5.41, 5.74) is 0.416. The monoisotopic (exact) mass is 252 g/mol. The highest BCUT2D eigenvalue weighted by molar-refractivity contribution is 5.98. The van der Waals surface area contributed by atoms with Gasteiger partial charge in [-0.05, 0) is 31.2 Å². The summed E-state index contributed by atoms with van der Waals surface area (Å²) in [5, 5.41) is 9.46. The van der Waals surface area contributed by atoms with Gasteiger partial charge in [-0.3, -0.25) is 4.79 Å². The molecule has 1 rings (SSSR count). The number of ketones is 1. The first-order chi connectivity index (χ1) is 8.58. The summed E-state index contributed by atoms with van der Waals surface area (Å²) in [7, 11) is 1.53. The Balaban J connectivity index is 2.61. The molecule has 18 heavy (non-hydrogen) atoms. The van der Waals surface area contributed by atoms with Gasteiger partial charge in [0.2, 0.25) is 0 Å². The molecule has 1 aromatic carbocycles. The predicted octanol–water partition coefficient (Wildman–Crippen LogP) is 1.19. The molecule has 1 atom stereocenters. The first-order valence-electron chi connectivity index (χ1n) is 5.60. The molecule has 0 aliphatic carbocycles. The van der Waals surface area contributed by atoms with Crippen molar-refractivity contribution in [2.75, 3.05) is 13.7 Å². The van der Waals surface area contributed by atoms with Crippen molar-refractivity contribution in [2.45, 2.75) is 19.4 Å². The standard InChI is InChI=1S/C13H16O5/c1-3-18-13(16)12(15)8-11(14)9-4-6-10(17-2)7-5-9/h4-7,12,15H,3,8H2,1-2H3/t12-/m1/s1. The van der Waals surface area contributed by atoms with Crippen molar-refractivity contribution in [1.29, 1.82) is 0 Å². The van der Waals surface area contributed by atoms with E-state index in [0.29, 0.717) is 11.3 Å². The molecule has 5 nitrogen and oxygen atoms in total. The average Bonchev–Trinajstić information content (AvgIpc) is 2.39. The topological polar surface area (TPSA) is 72.8 Å². The lowest BCUT2D eigenvalue weighted by molar-refractivity contribution is -0.152. The second-order valence-electron chi connectivity index (χ2n) is 3.62. The smallest absolute Gasteiger partial charge is 0.335 e. The Morgan fingerprint density at radius 3 is 2.39 bits per heavy atom. The van der Waals surface area contributed by atoms with Crippen molar-refractivity contribution < 1.29 is 24.2 Å². The number of aliphatic hydroxyl groups is 1. The highest BCUT2D eigenvalue weighted by Gasteiger charge is 2.20. The summed E-state index contributed by atoms with van der Waals surface area (Å²) < 4.78 is 9.58. The van der Waals surface area contributed by atoms with Gasteiger partial charge in [0.25, 0.3) is 0 Å². The number of carbonyl (C=O) groups excluding carboxylic acids is 2. The highest BCUT2D eigenvalue weighted by Crippen LogP contribution is 2.13. The van der Waals surface area contributed by atoms with Gasteiger partial charge in [-0.15, -0.1) is 0 Å². The van der Waals surface area contributed by atoms with Gasteiger partial charge in [0, 0.05) is 12.0 Å². The van der Waals surface area contributed by atoms with Crippen LogP contribution in [0.1, 0.15) is 23.7 Å². The summed E-state index contributed by atoms with van der Waals surface area (Å²) in [5.74, 6) is -0.463. The van der Waals surface area contributed by atoms with Crippen LogP contribution in [0.5, 0.6) is 5.75 Å². The maximum Gasteiger partial charge on any atom is 0.335 e. The Bertz CT molecular complexity index is 410. The van der Waals surface area contributed by atoms with E-state index in [1.54, 1.807) is 31.2 Å². The summed E-state index contributed by atoms with van der Waals surface area (Å²) in [6, 6.07) is 6.45. The molecule has 0 aromatic heterocycles. The van der Waals surface area contributed by atoms with Gasteiger partial charge < -0.3 is 14.6 Å². The molecular weight excluding hydrogens is 236 g/mol. The molecule has 0 unspecified atom stereocenters. The van der Waals surface area contributed by atoms with Crippen LogP contribution in [0.25, 0.3) is 0 Å². The molecule has 0 radical (unpaired) electrons.